The summed E-state index contributed by atoms with van der Waals surface area (Å²) < 4.78 is 4.85. The standard InChI is InChI=1S/C6H13O2/c1-5(2)6(4-7)8-3/h5-6H,4H2,1-3H3. The fourth-order valence-corrected chi connectivity index (χ4v) is 0.533. The van der Waals surface area contributed by atoms with Crippen molar-refractivity contribution in [3.05, 3.63) is 0 Å². The maximum atomic E-state index is 10.2. The highest BCUT2D eigenvalue weighted by Crippen LogP contribution is 2.02. The molecule has 2 nitrogen and oxygen atoms in total. The molecule has 1 atom stereocenters. The van der Waals surface area contributed by atoms with E-state index in [4.69, 9.17) is 4.74 Å². The molecule has 0 N–H and O–H groups in total. The smallest absolute Gasteiger partial charge is 0.109 e. The molecule has 0 bridgehead atoms. The Morgan fingerprint density at radius 3 is 2.00 bits per heavy atom. The van der Waals surface area contributed by atoms with Crippen molar-refractivity contribution >= 4 is 0 Å². The molecule has 0 aromatic rings. The van der Waals surface area contributed by atoms with Crippen LogP contribution in [0.3, 0.4) is 0 Å². The van der Waals surface area contributed by atoms with Gasteiger partial charge in [0.2, 0.25) is 0 Å². The molecule has 0 aliphatic heterocycles. The van der Waals surface area contributed by atoms with Crippen LogP contribution in [-0.4, -0.2) is 19.8 Å². The van der Waals surface area contributed by atoms with E-state index < -0.39 is 0 Å². The second-order valence-electron chi connectivity index (χ2n) is 2.18. The van der Waals surface area contributed by atoms with Crippen LogP contribution in [0.4, 0.5) is 0 Å². The Morgan fingerprint density at radius 1 is 1.50 bits per heavy atom. The maximum Gasteiger partial charge on any atom is 0.109 e. The Hall–Kier alpha value is -0.0800. The molecular weight excluding hydrogens is 104 g/mol. The highest BCUT2D eigenvalue weighted by atomic mass is 16.5. The van der Waals surface area contributed by atoms with Gasteiger partial charge in [0.05, 0.1) is 6.10 Å². The molecule has 8 heavy (non-hydrogen) atoms. The molecule has 0 aliphatic rings. The van der Waals surface area contributed by atoms with Crippen LogP contribution < -0.4 is 0 Å². The zero-order valence-corrected chi connectivity index (χ0v) is 5.68. The van der Waals surface area contributed by atoms with E-state index in [-0.39, 0.29) is 12.7 Å². The summed E-state index contributed by atoms with van der Waals surface area (Å²) in [6, 6.07) is 0. The summed E-state index contributed by atoms with van der Waals surface area (Å²) in [6.45, 7) is 3.83. The zero-order chi connectivity index (χ0) is 6.57. The lowest BCUT2D eigenvalue weighted by molar-refractivity contribution is -0.00624. The summed E-state index contributed by atoms with van der Waals surface area (Å²) in [5.74, 6) is 0.345. The Balaban J connectivity index is 3.35. The van der Waals surface area contributed by atoms with E-state index in [1.165, 1.54) is 0 Å². The van der Waals surface area contributed by atoms with Gasteiger partial charge in [-0.15, -0.1) is 0 Å². The predicted octanol–water partition coefficient (Wildman–Crippen LogP) is 1.09. The zero-order valence-electron chi connectivity index (χ0n) is 5.68. The SMILES string of the molecule is COC(C[O])C(C)C. The van der Waals surface area contributed by atoms with Crippen LogP contribution in [-0.2, 0) is 9.84 Å². The van der Waals surface area contributed by atoms with Gasteiger partial charge in [0, 0.05) is 7.11 Å². The van der Waals surface area contributed by atoms with Crippen molar-refractivity contribution in [1.82, 2.24) is 0 Å². The van der Waals surface area contributed by atoms with Crippen molar-refractivity contribution in [3.8, 4) is 0 Å². The molecule has 0 aromatic carbocycles. The fourth-order valence-electron chi connectivity index (χ4n) is 0.533. The number of ether oxygens (including phenoxy) is 1. The molecule has 0 aromatic heterocycles. The van der Waals surface area contributed by atoms with E-state index in [9.17, 15) is 5.11 Å². The number of hydrogen-bond donors (Lipinski definition) is 0. The first kappa shape index (κ1) is 7.92. The summed E-state index contributed by atoms with van der Waals surface area (Å²) in [7, 11) is 1.57. The Bertz CT molecular complexity index is 48.5. The minimum absolute atomic E-state index is 0.102. The Kier molecular flexibility index (Phi) is 3.83. The van der Waals surface area contributed by atoms with Gasteiger partial charge in [0.25, 0.3) is 0 Å². The second-order valence-corrected chi connectivity index (χ2v) is 2.18. The molecule has 0 amide bonds. The van der Waals surface area contributed by atoms with Crippen molar-refractivity contribution < 1.29 is 9.84 Å². The predicted molar refractivity (Wildman–Crippen MR) is 31.2 cm³/mol. The van der Waals surface area contributed by atoms with Crippen molar-refractivity contribution in [2.45, 2.75) is 20.0 Å². The average molecular weight is 117 g/mol. The van der Waals surface area contributed by atoms with E-state index in [1.807, 2.05) is 13.8 Å². The molecule has 0 heterocycles. The molecule has 0 rings (SSSR count). The lowest BCUT2D eigenvalue weighted by Gasteiger charge is -2.13. The van der Waals surface area contributed by atoms with Gasteiger partial charge in [-0.25, -0.2) is 5.11 Å². The van der Waals surface area contributed by atoms with Gasteiger partial charge in [0.15, 0.2) is 0 Å². The molecule has 49 valence electrons. The summed E-state index contributed by atoms with van der Waals surface area (Å²) >= 11 is 0. The minimum Gasteiger partial charge on any atom is -0.379 e. The molecular formula is C6H13O2. The topological polar surface area (TPSA) is 29.1 Å². The average Bonchev–Trinajstić information content (AvgIpc) is 1.69. The van der Waals surface area contributed by atoms with Gasteiger partial charge in [-0.2, -0.15) is 0 Å². The van der Waals surface area contributed by atoms with Crippen LogP contribution in [0, 0.1) is 5.92 Å². The van der Waals surface area contributed by atoms with E-state index in [2.05, 4.69) is 0 Å². The van der Waals surface area contributed by atoms with Gasteiger partial charge in [-0.1, -0.05) is 13.8 Å². The lowest BCUT2D eigenvalue weighted by Crippen LogP contribution is -2.21. The quantitative estimate of drug-likeness (QED) is 0.544. The van der Waals surface area contributed by atoms with Gasteiger partial charge >= 0.3 is 0 Å². The summed E-state index contributed by atoms with van der Waals surface area (Å²) in [5, 5.41) is 10.2. The minimum atomic E-state index is -0.131. The van der Waals surface area contributed by atoms with E-state index in [0.717, 1.165) is 0 Å². The summed E-state index contributed by atoms with van der Waals surface area (Å²) in [4.78, 5) is 0. The molecule has 2 heteroatoms. The van der Waals surface area contributed by atoms with Crippen LogP contribution in [0.1, 0.15) is 13.8 Å². The van der Waals surface area contributed by atoms with Crippen LogP contribution in [0.15, 0.2) is 0 Å². The first-order valence-electron chi connectivity index (χ1n) is 2.83. The molecule has 0 fully saturated rings. The molecule has 1 unspecified atom stereocenters. The first-order valence-corrected chi connectivity index (χ1v) is 2.83. The van der Waals surface area contributed by atoms with Gasteiger partial charge in [-0.05, 0) is 5.92 Å². The highest BCUT2D eigenvalue weighted by Gasteiger charge is 2.09. The van der Waals surface area contributed by atoms with Crippen molar-refractivity contribution in [2.75, 3.05) is 13.7 Å². The van der Waals surface area contributed by atoms with Crippen LogP contribution in [0.5, 0.6) is 0 Å². The summed E-state index contributed by atoms with van der Waals surface area (Å²) in [5.41, 5.74) is 0. The normalized spacial score (nSPS) is 14.6. The van der Waals surface area contributed by atoms with Crippen molar-refractivity contribution in [2.24, 2.45) is 5.92 Å². The molecule has 1 radical (unpaired) electrons. The van der Waals surface area contributed by atoms with Crippen molar-refractivity contribution in [1.29, 1.82) is 0 Å². The van der Waals surface area contributed by atoms with Crippen LogP contribution >= 0.6 is 0 Å². The van der Waals surface area contributed by atoms with Crippen LogP contribution in [0.2, 0.25) is 0 Å². The van der Waals surface area contributed by atoms with Gasteiger partial charge < -0.3 is 4.74 Å². The van der Waals surface area contributed by atoms with E-state index in [1.54, 1.807) is 7.11 Å². The van der Waals surface area contributed by atoms with Gasteiger partial charge in [0.1, 0.15) is 6.61 Å². The Morgan fingerprint density at radius 2 is 2.00 bits per heavy atom. The monoisotopic (exact) mass is 117 g/mol. The fraction of sp³-hybridized carbons (Fsp3) is 1.00. The highest BCUT2D eigenvalue weighted by molar-refractivity contribution is 4.57. The molecule has 0 spiro atoms. The summed E-state index contributed by atoms with van der Waals surface area (Å²) in [6.07, 6.45) is -0.102. The third-order valence-electron chi connectivity index (χ3n) is 1.21. The number of rotatable bonds is 3. The lowest BCUT2D eigenvalue weighted by atomic mass is 10.1. The molecule has 0 aliphatic carbocycles. The van der Waals surface area contributed by atoms with Crippen LogP contribution in [0.25, 0.3) is 0 Å². The van der Waals surface area contributed by atoms with Gasteiger partial charge in [-0.3, -0.25) is 0 Å². The first-order chi connectivity index (χ1) is 3.72. The number of methoxy groups -OCH3 is 1. The third kappa shape index (κ3) is 2.28. The second kappa shape index (κ2) is 3.87. The molecule has 0 saturated heterocycles. The third-order valence-corrected chi connectivity index (χ3v) is 1.21. The largest absolute Gasteiger partial charge is 0.379 e. The molecule has 0 saturated carbocycles. The Labute approximate surface area is 50.5 Å². The van der Waals surface area contributed by atoms with Crippen molar-refractivity contribution in [3.63, 3.8) is 0 Å². The number of hydrogen-bond acceptors (Lipinski definition) is 1. The van der Waals surface area contributed by atoms with E-state index >= 15 is 0 Å². The maximum absolute atomic E-state index is 10.2. The van der Waals surface area contributed by atoms with E-state index in [0.29, 0.717) is 5.92 Å².